The molecule has 0 atom stereocenters. The molecule has 0 spiro atoms. The third-order valence-corrected chi connectivity index (χ3v) is 4.57. The van der Waals surface area contributed by atoms with Crippen molar-refractivity contribution >= 4 is 5.91 Å². The largest absolute Gasteiger partial charge is 0.439 e. The van der Waals surface area contributed by atoms with E-state index in [1.165, 1.54) is 42.6 Å². The molecular weight excluding hydrogens is 300 g/mol. The molecule has 24 heavy (non-hydrogen) atoms. The van der Waals surface area contributed by atoms with Crippen molar-refractivity contribution in [2.24, 2.45) is 0 Å². The number of hydrogen-bond donors (Lipinski definition) is 0. The summed E-state index contributed by atoms with van der Waals surface area (Å²) in [4.78, 5) is 17.6. The summed E-state index contributed by atoms with van der Waals surface area (Å²) in [5.74, 6) is 1.90. The highest BCUT2D eigenvalue weighted by molar-refractivity contribution is 5.93. The van der Waals surface area contributed by atoms with Gasteiger partial charge in [-0.15, -0.1) is 0 Å². The van der Waals surface area contributed by atoms with E-state index in [0.717, 1.165) is 5.75 Å². The Balaban J connectivity index is 1.64. The van der Waals surface area contributed by atoms with Crippen molar-refractivity contribution in [1.82, 2.24) is 9.88 Å². The normalized spacial score (nSPS) is 15.1. The number of hydrogen-bond acceptors (Lipinski definition) is 3. The lowest BCUT2D eigenvalue weighted by molar-refractivity contribution is 0.0827. The summed E-state index contributed by atoms with van der Waals surface area (Å²) in [6.45, 7) is 0. The minimum atomic E-state index is -0.0640. The van der Waals surface area contributed by atoms with Crippen molar-refractivity contribution < 1.29 is 9.53 Å². The van der Waals surface area contributed by atoms with E-state index in [9.17, 15) is 4.79 Å². The summed E-state index contributed by atoms with van der Waals surface area (Å²) in [5, 5.41) is 0. The van der Waals surface area contributed by atoms with E-state index >= 15 is 0 Å². The number of pyridine rings is 1. The van der Waals surface area contributed by atoms with Gasteiger partial charge in [0.2, 0.25) is 5.88 Å². The fourth-order valence-electron chi connectivity index (χ4n) is 3.19. The average Bonchev–Trinajstić information content (AvgIpc) is 2.63. The number of aromatic nitrogens is 1. The SMILES string of the molecule is CN(C)C(=O)c1ccc(Oc2ccc(C3CCCCC3)cc2)nc1. The summed E-state index contributed by atoms with van der Waals surface area (Å²) in [6.07, 6.45) is 8.19. The second-order valence-corrected chi connectivity index (χ2v) is 6.59. The highest BCUT2D eigenvalue weighted by Crippen LogP contribution is 2.33. The van der Waals surface area contributed by atoms with E-state index in [0.29, 0.717) is 17.4 Å². The quantitative estimate of drug-likeness (QED) is 0.824. The van der Waals surface area contributed by atoms with Crippen LogP contribution in [0.25, 0.3) is 0 Å². The molecule has 4 nitrogen and oxygen atoms in total. The number of carbonyl (C=O) groups is 1. The second-order valence-electron chi connectivity index (χ2n) is 6.59. The molecule has 3 rings (SSSR count). The molecule has 1 fully saturated rings. The average molecular weight is 324 g/mol. The minimum Gasteiger partial charge on any atom is -0.439 e. The third-order valence-electron chi connectivity index (χ3n) is 4.57. The fourth-order valence-corrected chi connectivity index (χ4v) is 3.19. The Morgan fingerprint density at radius 2 is 1.75 bits per heavy atom. The van der Waals surface area contributed by atoms with Crippen molar-refractivity contribution in [3.63, 3.8) is 0 Å². The van der Waals surface area contributed by atoms with Crippen molar-refractivity contribution in [1.29, 1.82) is 0 Å². The van der Waals surface area contributed by atoms with Crippen LogP contribution in [0.2, 0.25) is 0 Å². The van der Waals surface area contributed by atoms with Gasteiger partial charge in [-0.2, -0.15) is 0 Å². The van der Waals surface area contributed by atoms with Crippen molar-refractivity contribution in [3.8, 4) is 11.6 Å². The van der Waals surface area contributed by atoms with Crippen molar-refractivity contribution in [2.75, 3.05) is 14.1 Å². The summed E-state index contributed by atoms with van der Waals surface area (Å²) < 4.78 is 5.78. The molecular formula is C20H24N2O2. The van der Waals surface area contributed by atoms with Crippen LogP contribution >= 0.6 is 0 Å². The predicted octanol–water partition coefficient (Wildman–Crippen LogP) is 4.62. The Labute approximate surface area is 143 Å². The zero-order chi connectivity index (χ0) is 16.9. The van der Waals surface area contributed by atoms with E-state index in [2.05, 4.69) is 17.1 Å². The maximum absolute atomic E-state index is 11.8. The van der Waals surface area contributed by atoms with Gasteiger partial charge in [0, 0.05) is 26.4 Å². The number of rotatable bonds is 4. The second kappa shape index (κ2) is 7.47. The summed E-state index contributed by atoms with van der Waals surface area (Å²) in [5.41, 5.74) is 1.96. The first-order chi connectivity index (χ1) is 11.6. The Morgan fingerprint density at radius 3 is 2.33 bits per heavy atom. The lowest BCUT2D eigenvalue weighted by atomic mass is 9.84. The molecule has 126 valence electrons. The highest BCUT2D eigenvalue weighted by Gasteiger charge is 2.15. The predicted molar refractivity (Wildman–Crippen MR) is 94.6 cm³/mol. The summed E-state index contributed by atoms with van der Waals surface area (Å²) in [6, 6.07) is 11.8. The van der Waals surface area contributed by atoms with Crippen LogP contribution in [0, 0.1) is 0 Å². The Hall–Kier alpha value is -2.36. The number of carbonyl (C=O) groups excluding carboxylic acids is 1. The van der Waals surface area contributed by atoms with E-state index < -0.39 is 0 Å². The molecule has 0 saturated heterocycles. The standard InChI is InChI=1S/C20H24N2O2/c1-22(2)20(23)17-10-13-19(21-14-17)24-18-11-8-16(9-12-18)15-6-4-3-5-7-15/h8-15H,3-7H2,1-2H3. The maximum Gasteiger partial charge on any atom is 0.254 e. The number of benzene rings is 1. The van der Waals surface area contributed by atoms with Gasteiger partial charge in [-0.05, 0) is 42.5 Å². The zero-order valence-electron chi connectivity index (χ0n) is 14.4. The number of nitrogens with zero attached hydrogens (tertiary/aromatic N) is 2. The van der Waals surface area contributed by atoms with Gasteiger partial charge in [-0.25, -0.2) is 4.98 Å². The molecule has 0 aliphatic heterocycles. The number of amides is 1. The molecule has 4 heteroatoms. The van der Waals surface area contributed by atoms with Crippen LogP contribution in [-0.4, -0.2) is 29.9 Å². The first kappa shape index (κ1) is 16.5. The molecule has 2 aromatic rings. The fraction of sp³-hybridized carbons (Fsp3) is 0.400. The van der Waals surface area contributed by atoms with Crippen molar-refractivity contribution in [3.05, 3.63) is 53.7 Å². The van der Waals surface area contributed by atoms with Crippen LogP contribution in [0.4, 0.5) is 0 Å². The molecule has 1 aromatic heterocycles. The van der Waals surface area contributed by atoms with Crippen LogP contribution in [-0.2, 0) is 0 Å². The van der Waals surface area contributed by atoms with Crippen LogP contribution < -0.4 is 4.74 Å². The Kier molecular flexibility index (Phi) is 5.14. The Bertz CT molecular complexity index is 672. The van der Waals surface area contributed by atoms with Gasteiger partial charge < -0.3 is 9.64 Å². The van der Waals surface area contributed by atoms with Crippen LogP contribution in [0.15, 0.2) is 42.6 Å². The first-order valence-corrected chi connectivity index (χ1v) is 8.59. The Morgan fingerprint density at radius 1 is 1.04 bits per heavy atom. The maximum atomic E-state index is 11.8. The van der Waals surface area contributed by atoms with Gasteiger partial charge in [0.15, 0.2) is 0 Å². The van der Waals surface area contributed by atoms with Crippen LogP contribution in [0.1, 0.15) is 53.9 Å². The van der Waals surface area contributed by atoms with Gasteiger partial charge in [0.1, 0.15) is 5.75 Å². The van der Waals surface area contributed by atoms with E-state index in [-0.39, 0.29) is 5.91 Å². The van der Waals surface area contributed by atoms with Gasteiger partial charge in [-0.3, -0.25) is 4.79 Å². The molecule has 1 amide bonds. The summed E-state index contributed by atoms with van der Waals surface area (Å²) in [7, 11) is 3.45. The first-order valence-electron chi connectivity index (χ1n) is 8.59. The van der Waals surface area contributed by atoms with Crippen LogP contribution in [0.5, 0.6) is 11.6 Å². The molecule has 1 saturated carbocycles. The molecule has 0 N–H and O–H groups in total. The molecule has 1 aromatic carbocycles. The van der Waals surface area contributed by atoms with Gasteiger partial charge in [0.25, 0.3) is 5.91 Å². The van der Waals surface area contributed by atoms with Crippen molar-refractivity contribution in [2.45, 2.75) is 38.0 Å². The van der Waals surface area contributed by atoms with Gasteiger partial charge in [0.05, 0.1) is 5.56 Å². The topological polar surface area (TPSA) is 42.4 Å². The molecule has 0 bridgehead atoms. The highest BCUT2D eigenvalue weighted by atomic mass is 16.5. The zero-order valence-corrected chi connectivity index (χ0v) is 14.4. The molecule has 1 aliphatic carbocycles. The van der Waals surface area contributed by atoms with Gasteiger partial charge >= 0.3 is 0 Å². The molecule has 0 radical (unpaired) electrons. The minimum absolute atomic E-state index is 0.0640. The van der Waals surface area contributed by atoms with Gasteiger partial charge in [-0.1, -0.05) is 31.4 Å². The van der Waals surface area contributed by atoms with E-state index in [4.69, 9.17) is 4.74 Å². The third kappa shape index (κ3) is 3.94. The lowest BCUT2D eigenvalue weighted by Gasteiger charge is -2.22. The molecule has 0 unspecified atom stereocenters. The van der Waals surface area contributed by atoms with E-state index in [1.807, 2.05) is 12.1 Å². The summed E-state index contributed by atoms with van der Waals surface area (Å²) >= 11 is 0. The molecule has 1 heterocycles. The number of ether oxygens (including phenoxy) is 1. The lowest BCUT2D eigenvalue weighted by Crippen LogP contribution is -2.21. The molecule has 1 aliphatic rings. The van der Waals surface area contributed by atoms with Crippen LogP contribution in [0.3, 0.4) is 0 Å². The van der Waals surface area contributed by atoms with E-state index in [1.54, 1.807) is 32.4 Å². The monoisotopic (exact) mass is 324 g/mol. The smallest absolute Gasteiger partial charge is 0.254 e.